The fourth-order valence-corrected chi connectivity index (χ4v) is 1.57. The first-order valence-electron chi connectivity index (χ1n) is 5.69. The molecule has 1 aromatic rings. The van der Waals surface area contributed by atoms with E-state index in [1.165, 1.54) is 31.2 Å². The fraction of sp³-hybridized carbons (Fsp3) is 0.308. The zero-order chi connectivity index (χ0) is 14.4. The van der Waals surface area contributed by atoms with E-state index in [9.17, 15) is 14.4 Å². The second-order valence-corrected chi connectivity index (χ2v) is 4.19. The molecular weight excluding hydrogens is 270 g/mol. The molecular formula is C13H14ClNO4. The van der Waals surface area contributed by atoms with Gasteiger partial charge < -0.3 is 10.1 Å². The molecule has 0 saturated carbocycles. The van der Waals surface area contributed by atoms with Crippen molar-refractivity contribution in [2.45, 2.75) is 19.9 Å². The van der Waals surface area contributed by atoms with Crippen LogP contribution >= 0.6 is 11.6 Å². The van der Waals surface area contributed by atoms with Gasteiger partial charge in [-0.15, -0.1) is 0 Å². The summed E-state index contributed by atoms with van der Waals surface area (Å²) in [5.74, 6) is -1.80. The lowest BCUT2D eigenvalue weighted by atomic mass is 10.0. The van der Waals surface area contributed by atoms with E-state index in [2.05, 4.69) is 5.32 Å². The Balaban J connectivity index is 2.96. The number of hydrogen-bond acceptors (Lipinski definition) is 4. The van der Waals surface area contributed by atoms with Gasteiger partial charge in [-0.2, -0.15) is 0 Å². The maximum Gasteiger partial charge on any atom is 0.336 e. The van der Waals surface area contributed by atoms with E-state index >= 15 is 0 Å². The first kappa shape index (κ1) is 15.2. The summed E-state index contributed by atoms with van der Waals surface area (Å²) in [6, 6.07) is 4.70. The first-order valence-corrected chi connectivity index (χ1v) is 6.07. The number of carbonyl (C=O) groups is 3. The van der Waals surface area contributed by atoms with Crippen LogP contribution < -0.4 is 5.32 Å². The molecule has 0 fully saturated rings. The molecule has 0 aliphatic heterocycles. The van der Waals surface area contributed by atoms with Gasteiger partial charge in [0, 0.05) is 17.5 Å². The van der Waals surface area contributed by atoms with Crippen LogP contribution in [0, 0.1) is 0 Å². The van der Waals surface area contributed by atoms with Crippen LogP contribution in [0.15, 0.2) is 24.3 Å². The Bertz CT molecular complexity index is 484. The van der Waals surface area contributed by atoms with Crippen molar-refractivity contribution in [2.24, 2.45) is 0 Å². The van der Waals surface area contributed by atoms with Gasteiger partial charge in [0.25, 0.3) is 0 Å². The molecule has 1 atom stereocenters. The number of benzene rings is 1. The SMILES string of the molecule is CCOC(=O)[C@@H](NC(C)=O)C(=O)c1ccc(Cl)cc1. The van der Waals surface area contributed by atoms with E-state index in [1.807, 2.05) is 0 Å². The standard InChI is InChI=1S/C13H14ClNO4/c1-3-19-13(18)11(15-8(2)16)12(17)9-4-6-10(14)7-5-9/h4-7,11H,3H2,1-2H3,(H,15,16)/t11-/m0/s1. The predicted molar refractivity (Wildman–Crippen MR) is 70.0 cm³/mol. The van der Waals surface area contributed by atoms with Gasteiger partial charge in [0.05, 0.1) is 6.61 Å². The number of ketones is 1. The van der Waals surface area contributed by atoms with Gasteiger partial charge in [-0.05, 0) is 31.2 Å². The van der Waals surface area contributed by atoms with Gasteiger partial charge in [-0.1, -0.05) is 11.6 Å². The van der Waals surface area contributed by atoms with E-state index in [1.54, 1.807) is 6.92 Å². The zero-order valence-corrected chi connectivity index (χ0v) is 11.4. The van der Waals surface area contributed by atoms with Crippen molar-refractivity contribution in [3.05, 3.63) is 34.9 Å². The predicted octanol–water partition coefficient (Wildman–Crippen LogP) is 1.59. The number of halogens is 1. The minimum absolute atomic E-state index is 0.128. The Morgan fingerprint density at radius 3 is 2.32 bits per heavy atom. The average molecular weight is 284 g/mol. The van der Waals surface area contributed by atoms with Crippen molar-refractivity contribution < 1.29 is 19.1 Å². The van der Waals surface area contributed by atoms with Crippen LogP contribution in [0.1, 0.15) is 24.2 Å². The maximum absolute atomic E-state index is 12.1. The number of rotatable bonds is 5. The summed E-state index contributed by atoms with van der Waals surface area (Å²) < 4.78 is 4.77. The zero-order valence-electron chi connectivity index (χ0n) is 10.6. The average Bonchev–Trinajstić information content (AvgIpc) is 2.36. The van der Waals surface area contributed by atoms with Crippen molar-refractivity contribution in [1.29, 1.82) is 0 Å². The van der Waals surface area contributed by atoms with Gasteiger partial charge >= 0.3 is 5.97 Å². The van der Waals surface area contributed by atoms with Gasteiger partial charge in [-0.25, -0.2) is 4.79 Å². The van der Waals surface area contributed by atoms with Gasteiger partial charge in [-0.3, -0.25) is 9.59 Å². The smallest absolute Gasteiger partial charge is 0.336 e. The number of carbonyl (C=O) groups excluding carboxylic acids is 3. The van der Waals surface area contributed by atoms with Gasteiger partial charge in [0.2, 0.25) is 5.91 Å². The molecule has 0 radical (unpaired) electrons. The Hall–Kier alpha value is -1.88. The lowest BCUT2D eigenvalue weighted by Gasteiger charge is -2.15. The van der Waals surface area contributed by atoms with Crippen molar-refractivity contribution in [3.63, 3.8) is 0 Å². The highest BCUT2D eigenvalue weighted by Crippen LogP contribution is 2.12. The third-order valence-corrected chi connectivity index (χ3v) is 2.51. The van der Waals surface area contributed by atoms with Crippen molar-refractivity contribution >= 4 is 29.3 Å². The first-order chi connectivity index (χ1) is 8.95. The quantitative estimate of drug-likeness (QED) is 0.506. The fourth-order valence-electron chi connectivity index (χ4n) is 1.44. The summed E-state index contributed by atoms with van der Waals surface area (Å²) in [5.41, 5.74) is 0.274. The highest BCUT2D eigenvalue weighted by molar-refractivity contribution is 6.30. The Kier molecular flexibility index (Phi) is 5.51. The summed E-state index contributed by atoms with van der Waals surface area (Å²) in [5, 5.41) is 2.76. The van der Waals surface area contributed by atoms with E-state index in [4.69, 9.17) is 16.3 Å². The molecule has 0 spiro atoms. The molecule has 0 aromatic heterocycles. The molecule has 0 bridgehead atoms. The molecule has 1 amide bonds. The van der Waals surface area contributed by atoms with Crippen LogP contribution in [0.2, 0.25) is 5.02 Å². The molecule has 5 nitrogen and oxygen atoms in total. The third kappa shape index (κ3) is 4.37. The second kappa shape index (κ2) is 6.89. The van der Waals surface area contributed by atoms with Crippen LogP contribution in [-0.4, -0.2) is 30.3 Å². The Morgan fingerprint density at radius 1 is 1.26 bits per heavy atom. The van der Waals surface area contributed by atoms with Crippen LogP contribution in [-0.2, 0) is 14.3 Å². The number of nitrogens with one attached hydrogen (secondary N) is 1. The molecule has 0 unspecified atom stereocenters. The van der Waals surface area contributed by atoms with E-state index in [0.29, 0.717) is 5.02 Å². The summed E-state index contributed by atoms with van der Waals surface area (Å²) >= 11 is 5.72. The third-order valence-electron chi connectivity index (χ3n) is 2.26. The van der Waals surface area contributed by atoms with Crippen LogP contribution in [0.5, 0.6) is 0 Å². The molecule has 0 saturated heterocycles. The normalized spacial score (nSPS) is 11.5. The second-order valence-electron chi connectivity index (χ2n) is 3.76. The van der Waals surface area contributed by atoms with E-state index in [0.717, 1.165) is 0 Å². The molecule has 1 rings (SSSR count). The molecule has 0 aliphatic rings. The summed E-state index contributed by atoms with van der Waals surface area (Å²) in [7, 11) is 0. The van der Waals surface area contributed by atoms with Gasteiger partial charge in [0.1, 0.15) is 0 Å². The molecule has 0 aliphatic carbocycles. The number of ether oxygens (including phenoxy) is 1. The van der Waals surface area contributed by atoms with Crippen molar-refractivity contribution in [3.8, 4) is 0 Å². The largest absolute Gasteiger partial charge is 0.464 e. The number of Topliss-reactive ketones (excluding diaryl/α,β-unsaturated/α-hetero) is 1. The minimum Gasteiger partial charge on any atom is -0.464 e. The topological polar surface area (TPSA) is 72.5 Å². The van der Waals surface area contributed by atoms with Crippen LogP contribution in [0.4, 0.5) is 0 Å². The number of esters is 1. The van der Waals surface area contributed by atoms with Crippen LogP contribution in [0.3, 0.4) is 0 Å². The highest BCUT2D eigenvalue weighted by Gasteiger charge is 2.29. The number of amides is 1. The van der Waals surface area contributed by atoms with E-state index in [-0.39, 0.29) is 12.2 Å². The highest BCUT2D eigenvalue weighted by atomic mass is 35.5. The molecule has 0 heterocycles. The summed E-state index contributed by atoms with van der Waals surface area (Å²) in [6.07, 6.45) is 0. The maximum atomic E-state index is 12.1. The Morgan fingerprint density at radius 2 is 1.84 bits per heavy atom. The summed E-state index contributed by atoms with van der Waals surface area (Å²) in [6.45, 7) is 2.97. The summed E-state index contributed by atoms with van der Waals surface area (Å²) in [4.78, 5) is 34.9. The van der Waals surface area contributed by atoms with E-state index < -0.39 is 23.7 Å². The van der Waals surface area contributed by atoms with Crippen molar-refractivity contribution in [2.75, 3.05) is 6.61 Å². The molecule has 102 valence electrons. The van der Waals surface area contributed by atoms with Gasteiger partial charge in [0.15, 0.2) is 11.8 Å². The minimum atomic E-state index is -1.33. The molecule has 1 N–H and O–H groups in total. The van der Waals surface area contributed by atoms with Crippen LogP contribution in [0.25, 0.3) is 0 Å². The number of hydrogen-bond donors (Lipinski definition) is 1. The monoisotopic (exact) mass is 283 g/mol. The lowest BCUT2D eigenvalue weighted by Crippen LogP contribution is -2.46. The molecule has 1 aromatic carbocycles. The Labute approximate surface area is 115 Å². The van der Waals surface area contributed by atoms with Crippen molar-refractivity contribution in [1.82, 2.24) is 5.32 Å². The molecule has 19 heavy (non-hydrogen) atoms. The molecule has 6 heteroatoms. The lowest BCUT2D eigenvalue weighted by molar-refractivity contribution is -0.145.